The first-order valence-electron chi connectivity index (χ1n) is 7.02. The van der Waals surface area contributed by atoms with Crippen molar-refractivity contribution in [3.8, 4) is 0 Å². The summed E-state index contributed by atoms with van der Waals surface area (Å²) in [7, 11) is 2.06. The predicted molar refractivity (Wildman–Crippen MR) is 76.2 cm³/mol. The van der Waals surface area contributed by atoms with Gasteiger partial charge in [0.1, 0.15) is 0 Å². The summed E-state index contributed by atoms with van der Waals surface area (Å²) in [6, 6.07) is 9.11. The standard InChI is InChI=1S/C16H22N2/c1-12-6-5-9-18(11-12)15-10-13-7-3-4-8-14(13)16(15)17-2/h3-4,7-8,10,12,16-17H,5-6,9,11H2,1-2H3. The van der Waals surface area contributed by atoms with E-state index in [1.54, 1.807) is 0 Å². The zero-order valence-electron chi connectivity index (χ0n) is 11.3. The summed E-state index contributed by atoms with van der Waals surface area (Å²) < 4.78 is 0. The molecule has 0 spiro atoms. The van der Waals surface area contributed by atoms with Crippen LogP contribution in [0.5, 0.6) is 0 Å². The Morgan fingerprint density at radius 3 is 2.89 bits per heavy atom. The molecular weight excluding hydrogens is 220 g/mol. The molecular formula is C16H22N2. The van der Waals surface area contributed by atoms with E-state index in [2.05, 4.69) is 54.5 Å². The molecule has 2 heteroatoms. The summed E-state index contributed by atoms with van der Waals surface area (Å²) in [5.41, 5.74) is 4.27. The van der Waals surface area contributed by atoms with E-state index in [1.165, 1.54) is 42.8 Å². The van der Waals surface area contributed by atoms with Gasteiger partial charge in [-0.2, -0.15) is 0 Å². The molecule has 1 heterocycles. The highest BCUT2D eigenvalue weighted by atomic mass is 15.2. The molecule has 1 aromatic rings. The van der Waals surface area contributed by atoms with Crippen LogP contribution in [0.1, 0.15) is 36.9 Å². The van der Waals surface area contributed by atoms with E-state index in [1.807, 2.05) is 0 Å². The van der Waals surface area contributed by atoms with Crippen molar-refractivity contribution in [3.05, 3.63) is 41.1 Å². The molecule has 2 unspecified atom stereocenters. The second-order valence-electron chi connectivity index (χ2n) is 5.61. The Kier molecular flexibility index (Phi) is 3.13. The van der Waals surface area contributed by atoms with Gasteiger partial charge in [0.15, 0.2) is 0 Å². The number of likely N-dealkylation sites (N-methyl/N-ethyl adjacent to an activating group) is 1. The highest BCUT2D eigenvalue weighted by molar-refractivity contribution is 5.65. The molecule has 18 heavy (non-hydrogen) atoms. The Balaban J connectivity index is 1.89. The van der Waals surface area contributed by atoms with Gasteiger partial charge in [0.25, 0.3) is 0 Å². The maximum Gasteiger partial charge on any atom is 0.0731 e. The van der Waals surface area contributed by atoms with Crippen LogP contribution in [-0.2, 0) is 0 Å². The monoisotopic (exact) mass is 242 g/mol. The predicted octanol–water partition coefficient (Wildman–Crippen LogP) is 3.03. The molecule has 2 atom stereocenters. The molecule has 1 aromatic carbocycles. The van der Waals surface area contributed by atoms with E-state index < -0.39 is 0 Å². The van der Waals surface area contributed by atoms with E-state index in [4.69, 9.17) is 0 Å². The molecule has 1 aliphatic carbocycles. The van der Waals surface area contributed by atoms with Gasteiger partial charge in [-0.15, -0.1) is 0 Å². The van der Waals surface area contributed by atoms with Gasteiger partial charge >= 0.3 is 0 Å². The zero-order valence-corrected chi connectivity index (χ0v) is 11.3. The minimum absolute atomic E-state index is 0.381. The number of fused-ring (bicyclic) bond motifs is 1. The van der Waals surface area contributed by atoms with Crippen molar-refractivity contribution in [1.29, 1.82) is 0 Å². The zero-order chi connectivity index (χ0) is 12.5. The average molecular weight is 242 g/mol. The van der Waals surface area contributed by atoms with Crippen molar-refractivity contribution in [2.24, 2.45) is 5.92 Å². The van der Waals surface area contributed by atoms with Gasteiger partial charge < -0.3 is 10.2 Å². The Labute approximate surface area is 110 Å². The normalized spacial score (nSPS) is 27.0. The smallest absolute Gasteiger partial charge is 0.0731 e. The molecule has 0 amide bonds. The first-order chi connectivity index (χ1) is 8.79. The fourth-order valence-corrected chi connectivity index (χ4v) is 3.31. The van der Waals surface area contributed by atoms with Gasteiger partial charge in [-0.3, -0.25) is 0 Å². The Hall–Kier alpha value is -1.28. The first-order valence-corrected chi connectivity index (χ1v) is 7.02. The first kappa shape index (κ1) is 11.8. The highest BCUT2D eigenvalue weighted by Gasteiger charge is 2.29. The van der Waals surface area contributed by atoms with Gasteiger partial charge in [-0.05, 0) is 43.0 Å². The lowest BCUT2D eigenvalue weighted by molar-refractivity contribution is 0.217. The van der Waals surface area contributed by atoms with Crippen molar-refractivity contribution in [1.82, 2.24) is 10.2 Å². The van der Waals surface area contributed by atoms with E-state index in [0.717, 1.165) is 5.92 Å². The van der Waals surface area contributed by atoms with Crippen molar-refractivity contribution in [3.63, 3.8) is 0 Å². The second-order valence-corrected chi connectivity index (χ2v) is 5.61. The van der Waals surface area contributed by atoms with Crippen molar-refractivity contribution in [2.45, 2.75) is 25.8 Å². The van der Waals surface area contributed by atoms with Crippen LogP contribution in [0.25, 0.3) is 6.08 Å². The third-order valence-electron chi connectivity index (χ3n) is 4.22. The lowest BCUT2D eigenvalue weighted by atomic mass is 9.98. The Bertz CT molecular complexity index is 464. The van der Waals surface area contributed by atoms with Gasteiger partial charge in [-0.1, -0.05) is 31.2 Å². The fraction of sp³-hybridized carbons (Fsp3) is 0.500. The summed E-state index contributed by atoms with van der Waals surface area (Å²) in [5, 5.41) is 3.47. The number of nitrogens with zero attached hydrogens (tertiary/aromatic N) is 1. The van der Waals surface area contributed by atoms with Crippen LogP contribution in [0, 0.1) is 5.92 Å². The van der Waals surface area contributed by atoms with Gasteiger partial charge in [0.05, 0.1) is 6.04 Å². The van der Waals surface area contributed by atoms with Crippen LogP contribution in [0.4, 0.5) is 0 Å². The number of rotatable bonds is 2. The minimum atomic E-state index is 0.381. The lowest BCUT2D eigenvalue weighted by Crippen LogP contribution is -2.37. The molecule has 1 fully saturated rings. The highest BCUT2D eigenvalue weighted by Crippen LogP contribution is 2.37. The van der Waals surface area contributed by atoms with E-state index in [0.29, 0.717) is 6.04 Å². The number of nitrogens with one attached hydrogen (secondary N) is 1. The molecule has 1 saturated heterocycles. The number of piperidine rings is 1. The summed E-state index contributed by atoms with van der Waals surface area (Å²) >= 11 is 0. The molecule has 1 aliphatic heterocycles. The molecule has 1 N–H and O–H groups in total. The number of hydrogen-bond acceptors (Lipinski definition) is 2. The summed E-state index contributed by atoms with van der Waals surface area (Å²) in [5.74, 6) is 0.820. The summed E-state index contributed by atoms with van der Waals surface area (Å²) in [4.78, 5) is 2.58. The van der Waals surface area contributed by atoms with Crippen LogP contribution < -0.4 is 5.32 Å². The molecule has 0 bridgehead atoms. The quantitative estimate of drug-likeness (QED) is 0.857. The van der Waals surface area contributed by atoms with E-state index >= 15 is 0 Å². The van der Waals surface area contributed by atoms with Crippen LogP contribution in [-0.4, -0.2) is 25.0 Å². The van der Waals surface area contributed by atoms with Crippen LogP contribution >= 0.6 is 0 Å². The fourth-order valence-electron chi connectivity index (χ4n) is 3.31. The van der Waals surface area contributed by atoms with Crippen molar-refractivity contribution < 1.29 is 0 Å². The largest absolute Gasteiger partial charge is 0.373 e. The van der Waals surface area contributed by atoms with Crippen LogP contribution in [0.3, 0.4) is 0 Å². The van der Waals surface area contributed by atoms with Gasteiger partial charge in [-0.25, -0.2) is 0 Å². The van der Waals surface area contributed by atoms with E-state index in [9.17, 15) is 0 Å². The lowest BCUT2D eigenvalue weighted by Gasteiger charge is -2.36. The number of likely N-dealkylation sites (tertiary alicyclic amines) is 1. The third kappa shape index (κ3) is 1.95. The van der Waals surface area contributed by atoms with Crippen LogP contribution in [0.2, 0.25) is 0 Å². The van der Waals surface area contributed by atoms with Crippen molar-refractivity contribution in [2.75, 3.05) is 20.1 Å². The Morgan fingerprint density at radius 1 is 1.28 bits per heavy atom. The SMILES string of the molecule is CNC1C(N2CCCC(C)C2)=Cc2ccccc21. The second kappa shape index (κ2) is 4.77. The molecule has 0 radical (unpaired) electrons. The molecule has 96 valence electrons. The maximum absolute atomic E-state index is 3.47. The van der Waals surface area contributed by atoms with E-state index in [-0.39, 0.29) is 0 Å². The topological polar surface area (TPSA) is 15.3 Å². The molecule has 2 aliphatic rings. The average Bonchev–Trinajstić information content (AvgIpc) is 2.77. The van der Waals surface area contributed by atoms with Crippen molar-refractivity contribution >= 4 is 6.08 Å². The number of hydrogen-bond donors (Lipinski definition) is 1. The molecule has 0 saturated carbocycles. The maximum atomic E-state index is 3.47. The minimum Gasteiger partial charge on any atom is -0.373 e. The van der Waals surface area contributed by atoms with Gasteiger partial charge in [0, 0.05) is 18.8 Å². The van der Waals surface area contributed by atoms with Crippen LogP contribution in [0.15, 0.2) is 30.0 Å². The summed E-state index contributed by atoms with van der Waals surface area (Å²) in [6.45, 7) is 4.78. The molecule has 3 rings (SSSR count). The molecule has 2 nitrogen and oxygen atoms in total. The van der Waals surface area contributed by atoms with Gasteiger partial charge in [0.2, 0.25) is 0 Å². The molecule has 0 aromatic heterocycles. The summed E-state index contributed by atoms with van der Waals surface area (Å²) in [6.07, 6.45) is 5.07. The number of benzene rings is 1. The third-order valence-corrected chi connectivity index (χ3v) is 4.22. The Morgan fingerprint density at radius 2 is 2.11 bits per heavy atom.